The van der Waals surface area contributed by atoms with Gasteiger partial charge in [0.05, 0.1) is 30.9 Å². The predicted octanol–water partition coefficient (Wildman–Crippen LogP) is 4.23. The first-order chi connectivity index (χ1) is 15.0. The summed E-state index contributed by atoms with van der Waals surface area (Å²) in [4.78, 5) is 21.8. The highest BCUT2D eigenvalue weighted by Gasteiger charge is 2.30. The third kappa shape index (κ3) is 4.73. The lowest BCUT2D eigenvalue weighted by atomic mass is 10.2. The number of amides is 1. The first-order valence-corrected chi connectivity index (χ1v) is 11.3. The van der Waals surface area contributed by atoms with Crippen LogP contribution in [0.1, 0.15) is 5.56 Å². The van der Waals surface area contributed by atoms with Gasteiger partial charge in [-0.25, -0.2) is 4.99 Å². The Kier molecular flexibility index (Phi) is 6.54. The van der Waals surface area contributed by atoms with Crippen LogP contribution in [0.15, 0.2) is 50.8 Å². The Morgan fingerprint density at radius 3 is 2.61 bits per heavy atom. The molecular weight excluding hydrogens is 482 g/mol. The standard InChI is InChI=1S/C22H22BrN3O4S/c1-25-21(28)20(12-14-11-19(29-2)18(27)13-17(14)23)31-22(25)24-15-3-5-16(6-4-15)26-7-9-30-10-8-26/h3-6,11-13,27H,7-10H2,1-2H3/b20-12-,24-22?. The Morgan fingerprint density at radius 1 is 1.23 bits per heavy atom. The van der Waals surface area contributed by atoms with Crippen molar-refractivity contribution in [3.8, 4) is 11.5 Å². The van der Waals surface area contributed by atoms with Crippen LogP contribution in [0.5, 0.6) is 11.5 Å². The van der Waals surface area contributed by atoms with Crippen LogP contribution in [0.3, 0.4) is 0 Å². The van der Waals surface area contributed by atoms with Crippen molar-refractivity contribution in [3.63, 3.8) is 0 Å². The van der Waals surface area contributed by atoms with Gasteiger partial charge in [-0.1, -0.05) is 15.9 Å². The number of amidine groups is 1. The van der Waals surface area contributed by atoms with Crippen LogP contribution < -0.4 is 9.64 Å². The van der Waals surface area contributed by atoms with Crippen molar-refractivity contribution >= 4 is 56.2 Å². The van der Waals surface area contributed by atoms with Crippen LogP contribution in [0.2, 0.25) is 0 Å². The van der Waals surface area contributed by atoms with Gasteiger partial charge in [0.2, 0.25) is 0 Å². The molecule has 0 spiro atoms. The number of carbonyl (C=O) groups is 1. The minimum absolute atomic E-state index is 0.0295. The van der Waals surface area contributed by atoms with E-state index in [4.69, 9.17) is 9.47 Å². The number of hydrogen-bond acceptors (Lipinski definition) is 7. The topological polar surface area (TPSA) is 74.6 Å². The van der Waals surface area contributed by atoms with E-state index in [0.717, 1.165) is 43.2 Å². The fourth-order valence-corrected chi connectivity index (χ4v) is 4.72. The fraction of sp³-hybridized carbons (Fsp3) is 0.273. The summed E-state index contributed by atoms with van der Waals surface area (Å²) in [5.74, 6) is 0.238. The highest BCUT2D eigenvalue weighted by Crippen LogP contribution is 2.37. The number of phenolic OH excluding ortho intramolecular Hbond substituents is 1. The van der Waals surface area contributed by atoms with Gasteiger partial charge >= 0.3 is 0 Å². The summed E-state index contributed by atoms with van der Waals surface area (Å²) in [5.41, 5.74) is 2.66. The van der Waals surface area contributed by atoms with Crippen molar-refractivity contribution in [1.82, 2.24) is 4.90 Å². The number of hydrogen-bond donors (Lipinski definition) is 1. The van der Waals surface area contributed by atoms with Gasteiger partial charge in [0.25, 0.3) is 5.91 Å². The van der Waals surface area contributed by atoms with Gasteiger partial charge < -0.3 is 19.5 Å². The largest absolute Gasteiger partial charge is 0.504 e. The van der Waals surface area contributed by atoms with Crippen molar-refractivity contribution in [3.05, 3.63) is 51.3 Å². The van der Waals surface area contributed by atoms with Gasteiger partial charge in [0, 0.05) is 30.3 Å². The Bertz CT molecular complexity index is 1050. The second kappa shape index (κ2) is 9.33. The molecule has 2 aromatic rings. The van der Waals surface area contributed by atoms with Crippen LogP contribution in [-0.4, -0.2) is 61.5 Å². The van der Waals surface area contributed by atoms with Gasteiger partial charge in [0.15, 0.2) is 16.7 Å². The molecule has 2 aromatic carbocycles. The van der Waals surface area contributed by atoms with Crippen LogP contribution >= 0.6 is 27.7 Å². The number of nitrogens with zero attached hydrogens (tertiary/aromatic N) is 3. The molecule has 0 atom stereocenters. The number of aliphatic imine (C=N–C) groups is 1. The zero-order chi connectivity index (χ0) is 22.0. The summed E-state index contributed by atoms with van der Waals surface area (Å²) in [6, 6.07) is 11.2. The molecule has 0 aromatic heterocycles. The van der Waals surface area contributed by atoms with E-state index in [1.54, 1.807) is 25.3 Å². The van der Waals surface area contributed by atoms with Crippen molar-refractivity contribution in [1.29, 1.82) is 0 Å². The fourth-order valence-electron chi connectivity index (χ4n) is 3.30. The minimum atomic E-state index is -0.132. The summed E-state index contributed by atoms with van der Waals surface area (Å²) in [7, 11) is 3.20. The number of aromatic hydroxyl groups is 1. The Balaban J connectivity index is 1.55. The number of phenols is 1. The lowest BCUT2D eigenvalue weighted by Crippen LogP contribution is -2.36. The number of likely N-dealkylation sites (N-methyl/N-ethyl adjacent to an activating group) is 1. The average Bonchev–Trinajstić information content (AvgIpc) is 3.04. The van der Waals surface area contributed by atoms with Crippen molar-refractivity contribution < 1.29 is 19.4 Å². The third-order valence-corrected chi connectivity index (χ3v) is 6.79. The van der Waals surface area contributed by atoms with Gasteiger partial charge in [-0.15, -0.1) is 0 Å². The molecule has 1 N–H and O–H groups in total. The van der Waals surface area contributed by atoms with Crippen LogP contribution in [0.4, 0.5) is 11.4 Å². The van der Waals surface area contributed by atoms with E-state index in [0.29, 0.717) is 20.3 Å². The van der Waals surface area contributed by atoms with Gasteiger partial charge in [-0.3, -0.25) is 9.69 Å². The molecule has 0 aliphatic carbocycles. The normalized spacial score (nSPS) is 19.5. The molecule has 4 rings (SSSR count). The first-order valence-electron chi connectivity index (χ1n) is 9.72. The molecule has 0 bridgehead atoms. The number of thioether (sulfide) groups is 1. The van der Waals surface area contributed by atoms with E-state index in [2.05, 4.69) is 25.8 Å². The minimum Gasteiger partial charge on any atom is -0.504 e. The predicted molar refractivity (Wildman–Crippen MR) is 127 cm³/mol. The van der Waals surface area contributed by atoms with Gasteiger partial charge in [-0.2, -0.15) is 0 Å². The second-order valence-electron chi connectivity index (χ2n) is 7.03. The highest BCUT2D eigenvalue weighted by atomic mass is 79.9. The number of ether oxygens (including phenoxy) is 2. The molecule has 2 aliphatic rings. The zero-order valence-electron chi connectivity index (χ0n) is 17.2. The molecule has 7 nitrogen and oxygen atoms in total. The number of carbonyl (C=O) groups excluding carboxylic acids is 1. The molecule has 2 heterocycles. The number of anilines is 1. The Hall–Kier alpha value is -2.49. The molecule has 2 aliphatic heterocycles. The molecule has 9 heteroatoms. The van der Waals surface area contributed by atoms with Crippen molar-refractivity contribution in [2.75, 3.05) is 45.4 Å². The molecule has 0 radical (unpaired) electrons. The number of methoxy groups -OCH3 is 1. The number of morpholine rings is 1. The van der Waals surface area contributed by atoms with Crippen molar-refractivity contribution in [2.45, 2.75) is 0 Å². The van der Waals surface area contributed by atoms with E-state index in [1.165, 1.54) is 23.8 Å². The number of rotatable bonds is 4. The van der Waals surface area contributed by atoms with Crippen LogP contribution in [-0.2, 0) is 9.53 Å². The van der Waals surface area contributed by atoms with Crippen LogP contribution in [0, 0.1) is 0 Å². The van der Waals surface area contributed by atoms with Crippen LogP contribution in [0.25, 0.3) is 6.08 Å². The summed E-state index contributed by atoms with van der Waals surface area (Å²) in [5, 5.41) is 10.5. The molecule has 0 saturated carbocycles. The summed E-state index contributed by atoms with van der Waals surface area (Å²) < 4.78 is 11.2. The maximum absolute atomic E-state index is 12.7. The molecule has 2 fully saturated rings. The molecule has 162 valence electrons. The van der Waals surface area contributed by atoms with E-state index >= 15 is 0 Å². The Labute approximate surface area is 193 Å². The summed E-state index contributed by atoms with van der Waals surface area (Å²) >= 11 is 4.74. The third-order valence-electron chi connectivity index (χ3n) is 5.04. The molecule has 1 amide bonds. The highest BCUT2D eigenvalue weighted by molar-refractivity contribution is 9.10. The number of halogens is 1. The SMILES string of the molecule is COc1cc(/C=C2\SC(=Nc3ccc(N4CCOCC4)cc3)N(C)C2=O)c(Br)cc1O. The molecule has 0 unspecified atom stereocenters. The molecule has 2 saturated heterocycles. The summed E-state index contributed by atoms with van der Waals surface area (Å²) in [6.45, 7) is 3.25. The monoisotopic (exact) mass is 503 g/mol. The van der Waals surface area contributed by atoms with Gasteiger partial charge in [0.1, 0.15) is 0 Å². The average molecular weight is 504 g/mol. The lowest BCUT2D eigenvalue weighted by Gasteiger charge is -2.28. The van der Waals surface area contributed by atoms with E-state index in [-0.39, 0.29) is 11.7 Å². The smallest absolute Gasteiger partial charge is 0.266 e. The first kappa shape index (κ1) is 21.7. The maximum atomic E-state index is 12.7. The maximum Gasteiger partial charge on any atom is 0.266 e. The second-order valence-corrected chi connectivity index (χ2v) is 8.89. The van der Waals surface area contributed by atoms with E-state index in [1.807, 2.05) is 24.3 Å². The molecular formula is C22H22BrN3O4S. The quantitative estimate of drug-likeness (QED) is 0.629. The Morgan fingerprint density at radius 2 is 1.94 bits per heavy atom. The van der Waals surface area contributed by atoms with E-state index in [9.17, 15) is 9.90 Å². The number of benzene rings is 2. The summed E-state index contributed by atoms with van der Waals surface area (Å²) in [6.07, 6.45) is 1.76. The van der Waals surface area contributed by atoms with Gasteiger partial charge in [-0.05, 0) is 59.8 Å². The lowest BCUT2D eigenvalue weighted by molar-refractivity contribution is -0.121. The zero-order valence-corrected chi connectivity index (χ0v) is 19.6. The molecule has 31 heavy (non-hydrogen) atoms. The van der Waals surface area contributed by atoms with E-state index < -0.39 is 0 Å². The van der Waals surface area contributed by atoms with Crippen molar-refractivity contribution in [2.24, 2.45) is 4.99 Å².